The zero-order valence-electron chi connectivity index (χ0n) is 9.83. The molecule has 0 aliphatic carbocycles. The molecule has 18 heavy (non-hydrogen) atoms. The second-order valence-corrected chi connectivity index (χ2v) is 3.70. The predicted molar refractivity (Wildman–Crippen MR) is 65.4 cm³/mol. The van der Waals surface area contributed by atoms with E-state index in [0.29, 0.717) is 11.4 Å². The quantitative estimate of drug-likeness (QED) is 0.887. The Hall–Kier alpha value is -2.43. The Morgan fingerprint density at radius 1 is 1.44 bits per heavy atom. The molecule has 0 radical (unpaired) electrons. The first-order valence-corrected chi connectivity index (χ1v) is 5.36. The summed E-state index contributed by atoms with van der Waals surface area (Å²) in [4.78, 5) is 19.0. The molecule has 0 unspecified atom stereocenters. The first-order valence-electron chi connectivity index (χ1n) is 5.36. The van der Waals surface area contributed by atoms with Crippen LogP contribution >= 0.6 is 0 Å². The highest BCUT2D eigenvalue weighted by Crippen LogP contribution is 2.25. The van der Waals surface area contributed by atoms with Gasteiger partial charge in [-0.25, -0.2) is 4.98 Å². The molecular formula is C13H12N2O3. The van der Waals surface area contributed by atoms with Crippen molar-refractivity contribution in [3.8, 4) is 17.0 Å². The molecule has 0 amide bonds. The predicted octanol–water partition coefficient (Wildman–Crippen LogP) is 1.78. The highest BCUT2D eigenvalue weighted by Gasteiger charge is 2.11. The number of rotatable bonds is 4. The maximum atomic E-state index is 10.9. The number of carboxylic acid groups (broad SMARTS) is 1. The van der Waals surface area contributed by atoms with Crippen LogP contribution in [0.1, 0.15) is 5.56 Å². The fourth-order valence-electron chi connectivity index (χ4n) is 1.68. The monoisotopic (exact) mass is 244 g/mol. The van der Waals surface area contributed by atoms with Crippen molar-refractivity contribution in [2.24, 2.45) is 0 Å². The molecule has 2 aromatic heterocycles. The Kier molecular flexibility index (Phi) is 3.52. The molecule has 0 atom stereocenters. The molecule has 0 aliphatic heterocycles. The molecule has 0 aliphatic rings. The van der Waals surface area contributed by atoms with Gasteiger partial charge in [0, 0.05) is 35.8 Å². The fraction of sp³-hybridized carbons (Fsp3) is 0.154. The molecule has 0 saturated heterocycles. The lowest BCUT2D eigenvalue weighted by molar-refractivity contribution is -0.136. The summed E-state index contributed by atoms with van der Waals surface area (Å²) >= 11 is 0. The molecule has 0 saturated carbocycles. The fourth-order valence-corrected chi connectivity index (χ4v) is 1.68. The minimum absolute atomic E-state index is 0.0803. The Labute approximate surface area is 104 Å². The van der Waals surface area contributed by atoms with Gasteiger partial charge < -0.3 is 9.84 Å². The number of methoxy groups -OCH3 is 1. The normalized spacial score (nSPS) is 10.1. The second-order valence-electron chi connectivity index (χ2n) is 3.70. The zero-order valence-corrected chi connectivity index (χ0v) is 9.83. The largest absolute Gasteiger partial charge is 0.481 e. The molecule has 0 aromatic carbocycles. The number of ether oxygens (including phenoxy) is 1. The van der Waals surface area contributed by atoms with E-state index in [4.69, 9.17) is 9.84 Å². The van der Waals surface area contributed by atoms with Crippen LogP contribution in [0, 0.1) is 0 Å². The molecule has 2 aromatic rings. The Balaban J connectivity index is 2.49. The van der Waals surface area contributed by atoms with Crippen molar-refractivity contribution in [3.05, 3.63) is 42.4 Å². The molecule has 0 spiro atoms. The molecule has 2 heterocycles. The number of aliphatic carboxylic acids is 1. The molecule has 2 rings (SSSR count). The summed E-state index contributed by atoms with van der Waals surface area (Å²) in [6.45, 7) is 0. The highest BCUT2D eigenvalue weighted by atomic mass is 16.5. The van der Waals surface area contributed by atoms with Crippen molar-refractivity contribution in [1.82, 2.24) is 9.97 Å². The van der Waals surface area contributed by atoms with Crippen LogP contribution in [0.15, 0.2) is 36.8 Å². The van der Waals surface area contributed by atoms with E-state index < -0.39 is 5.97 Å². The van der Waals surface area contributed by atoms with Crippen molar-refractivity contribution < 1.29 is 14.6 Å². The van der Waals surface area contributed by atoms with E-state index in [2.05, 4.69) is 9.97 Å². The number of carbonyl (C=O) groups is 1. The van der Waals surface area contributed by atoms with E-state index in [0.717, 1.165) is 11.1 Å². The molecule has 5 nitrogen and oxygen atoms in total. The van der Waals surface area contributed by atoms with E-state index in [9.17, 15) is 4.79 Å². The van der Waals surface area contributed by atoms with Gasteiger partial charge >= 0.3 is 5.97 Å². The summed E-state index contributed by atoms with van der Waals surface area (Å²) in [6, 6.07) is 5.29. The van der Waals surface area contributed by atoms with Crippen LogP contribution in [-0.4, -0.2) is 28.2 Å². The third kappa shape index (κ3) is 2.63. The van der Waals surface area contributed by atoms with Gasteiger partial charge in [-0.3, -0.25) is 9.78 Å². The molecule has 0 bridgehead atoms. The van der Waals surface area contributed by atoms with E-state index in [1.807, 2.05) is 6.07 Å². The standard InChI is InChI=1S/C13H12N2O3/c1-18-12-5-10(6-13(16)17)11(8-15-12)9-3-2-4-14-7-9/h2-5,7-8H,6H2,1H3,(H,16,17). The molecule has 1 N–H and O–H groups in total. The summed E-state index contributed by atoms with van der Waals surface area (Å²) in [5, 5.41) is 8.93. The van der Waals surface area contributed by atoms with E-state index in [1.165, 1.54) is 7.11 Å². The maximum absolute atomic E-state index is 10.9. The minimum atomic E-state index is -0.895. The lowest BCUT2D eigenvalue weighted by atomic mass is 10.0. The van der Waals surface area contributed by atoms with Crippen LogP contribution in [-0.2, 0) is 11.2 Å². The number of nitrogens with zero attached hydrogens (tertiary/aromatic N) is 2. The summed E-state index contributed by atoms with van der Waals surface area (Å²) in [7, 11) is 1.50. The average molecular weight is 244 g/mol. The number of aromatic nitrogens is 2. The van der Waals surface area contributed by atoms with E-state index in [1.54, 1.807) is 30.7 Å². The summed E-state index contributed by atoms with van der Waals surface area (Å²) in [5.74, 6) is -0.493. The third-order valence-corrected chi connectivity index (χ3v) is 2.49. The van der Waals surface area contributed by atoms with Crippen molar-refractivity contribution in [1.29, 1.82) is 0 Å². The summed E-state index contributed by atoms with van der Waals surface area (Å²) < 4.78 is 5.01. The maximum Gasteiger partial charge on any atom is 0.307 e. The van der Waals surface area contributed by atoms with Crippen LogP contribution in [0.5, 0.6) is 5.88 Å². The lowest BCUT2D eigenvalue weighted by Gasteiger charge is -2.09. The first-order chi connectivity index (χ1) is 8.70. The smallest absolute Gasteiger partial charge is 0.307 e. The number of carboxylic acids is 1. The van der Waals surface area contributed by atoms with Crippen molar-refractivity contribution in [2.45, 2.75) is 6.42 Å². The van der Waals surface area contributed by atoms with Gasteiger partial charge in [-0.15, -0.1) is 0 Å². The zero-order chi connectivity index (χ0) is 13.0. The highest BCUT2D eigenvalue weighted by molar-refractivity contribution is 5.76. The SMILES string of the molecule is COc1cc(CC(=O)O)c(-c2cccnc2)cn1. The van der Waals surface area contributed by atoms with Crippen molar-refractivity contribution >= 4 is 5.97 Å². The summed E-state index contributed by atoms with van der Waals surface area (Å²) in [6.07, 6.45) is 4.86. The van der Waals surface area contributed by atoms with Gasteiger partial charge in [0.1, 0.15) is 0 Å². The van der Waals surface area contributed by atoms with Crippen LogP contribution in [0.2, 0.25) is 0 Å². The number of hydrogen-bond donors (Lipinski definition) is 1. The first kappa shape index (κ1) is 12.0. The minimum Gasteiger partial charge on any atom is -0.481 e. The average Bonchev–Trinajstić information content (AvgIpc) is 2.39. The van der Waals surface area contributed by atoms with Crippen molar-refractivity contribution in [3.63, 3.8) is 0 Å². The van der Waals surface area contributed by atoms with Gasteiger partial charge in [-0.2, -0.15) is 0 Å². The van der Waals surface area contributed by atoms with Gasteiger partial charge in [0.2, 0.25) is 5.88 Å². The van der Waals surface area contributed by atoms with Gasteiger partial charge in [-0.1, -0.05) is 6.07 Å². The van der Waals surface area contributed by atoms with Crippen LogP contribution < -0.4 is 4.74 Å². The van der Waals surface area contributed by atoms with Gasteiger partial charge in [0.25, 0.3) is 0 Å². The van der Waals surface area contributed by atoms with Gasteiger partial charge in [0.05, 0.1) is 13.5 Å². The van der Waals surface area contributed by atoms with Crippen LogP contribution in [0.4, 0.5) is 0 Å². The number of pyridine rings is 2. The second kappa shape index (κ2) is 5.27. The van der Waals surface area contributed by atoms with E-state index >= 15 is 0 Å². The van der Waals surface area contributed by atoms with Crippen LogP contribution in [0.25, 0.3) is 11.1 Å². The molecular weight excluding hydrogens is 232 g/mol. The Morgan fingerprint density at radius 3 is 2.89 bits per heavy atom. The lowest BCUT2D eigenvalue weighted by Crippen LogP contribution is -2.03. The van der Waals surface area contributed by atoms with Gasteiger partial charge in [-0.05, 0) is 11.6 Å². The van der Waals surface area contributed by atoms with E-state index in [-0.39, 0.29) is 6.42 Å². The molecule has 0 fully saturated rings. The third-order valence-electron chi connectivity index (χ3n) is 2.49. The molecule has 92 valence electrons. The topological polar surface area (TPSA) is 72.3 Å². The summed E-state index contributed by atoms with van der Waals surface area (Å²) in [5.41, 5.74) is 2.25. The molecule has 5 heteroatoms. The van der Waals surface area contributed by atoms with Crippen LogP contribution in [0.3, 0.4) is 0 Å². The Morgan fingerprint density at radius 2 is 2.28 bits per heavy atom. The Bertz CT molecular complexity index is 555. The number of hydrogen-bond acceptors (Lipinski definition) is 4. The van der Waals surface area contributed by atoms with Crippen molar-refractivity contribution in [2.75, 3.05) is 7.11 Å². The van der Waals surface area contributed by atoms with Gasteiger partial charge in [0.15, 0.2) is 0 Å².